The summed E-state index contributed by atoms with van der Waals surface area (Å²) in [4.78, 5) is 10.6. The molecule has 1 amide bonds. The van der Waals surface area contributed by atoms with E-state index in [-0.39, 0.29) is 18.3 Å². The van der Waals surface area contributed by atoms with Crippen LogP contribution in [-0.4, -0.2) is 12.5 Å². The maximum absolute atomic E-state index is 10.6. The van der Waals surface area contributed by atoms with Gasteiger partial charge in [0.1, 0.15) is 0 Å². The highest BCUT2D eigenvalue weighted by Gasteiger charge is 1.96. The van der Waals surface area contributed by atoms with E-state index in [1.165, 1.54) is 89.9 Å². The number of halogens is 1. The Balaban J connectivity index is -0.00000102. The van der Waals surface area contributed by atoms with Gasteiger partial charge in [-0.1, -0.05) is 96.8 Å². The van der Waals surface area contributed by atoms with Crippen LogP contribution in [0.15, 0.2) is 0 Å². The average Bonchev–Trinajstić information content (AvgIpc) is 2.51. The Morgan fingerprint density at radius 1 is 0.667 bits per heavy atom. The second kappa shape index (κ2) is 27.6. The van der Waals surface area contributed by atoms with Crippen LogP contribution in [0.25, 0.3) is 0 Å². The summed E-state index contributed by atoms with van der Waals surface area (Å²) < 4.78 is 0. The van der Waals surface area contributed by atoms with Crippen molar-refractivity contribution in [1.29, 1.82) is 0 Å². The van der Waals surface area contributed by atoms with Gasteiger partial charge in [0.2, 0.25) is 5.91 Å². The van der Waals surface area contributed by atoms with Crippen molar-refractivity contribution >= 4 is 5.91 Å². The fourth-order valence-electron chi connectivity index (χ4n) is 2.67. The lowest BCUT2D eigenvalue weighted by Gasteiger charge is -2.03. The molecule has 0 unspecified atom stereocenters. The highest BCUT2D eigenvalue weighted by molar-refractivity contribution is 5.73. The van der Waals surface area contributed by atoms with Crippen molar-refractivity contribution in [2.24, 2.45) is 5.73 Å². The number of amides is 1. The topological polar surface area (TPSA) is 70.7 Å². The van der Waals surface area contributed by atoms with Crippen molar-refractivity contribution < 1.29 is 22.9 Å². The molecule has 0 aromatic heterocycles. The number of carbonyl (C=O) groups is 1. The van der Waals surface area contributed by atoms with Crippen LogP contribution in [0.4, 0.5) is 0 Å². The van der Waals surface area contributed by atoms with Gasteiger partial charge in [-0.3, -0.25) is 4.79 Å². The van der Waals surface area contributed by atoms with E-state index < -0.39 is 0 Å². The molecule has 4 heteroatoms. The van der Waals surface area contributed by atoms with Crippen LogP contribution in [0.3, 0.4) is 0 Å². The molecule has 0 radical (unpaired) electrons. The number of nitrogens with two attached hydrogens (primary N) is 1. The van der Waals surface area contributed by atoms with Crippen molar-refractivity contribution in [2.45, 2.75) is 117 Å². The Kier molecular flexibility index (Phi) is 32.8. The van der Waals surface area contributed by atoms with E-state index >= 15 is 0 Å². The second-order valence-corrected chi connectivity index (χ2v) is 6.67. The summed E-state index contributed by atoms with van der Waals surface area (Å²) in [6, 6.07) is 0. The molecule has 0 spiro atoms. The molecule has 0 saturated carbocycles. The van der Waals surface area contributed by atoms with E-state index in [2.05, 4.69) is 12.7 Å². The number of hydrogen-bond donors (Lipinski definition) is 2. The lowest BCUT2D eigenvalue weighted by Crippen LogP contribution is -3.00. The number of carbonyl (C=O) groups excluding carboxylic acids is 1. The molecule has 148 valence electrons. The van der Waals surface area contributed by atoms with Crippen molar-refractivity contribution in [3.05, 3.63) is 0 Å². The van der Waals surface area contributed by atoms with Gasteiger partial charge in [0.05, 0.1) is 6.54 Å². The van der Waals surface area contributed by atoms with Crippen LogP contribution in [-0.2, 0) is 4.79 Å². The molecular formula is C20H45ClN2O. The van der Waals surface area contributed by atoms with Crippen molar-refractivity contribution in [1.82, 2.24) is 0 Å². The van der Waals surface area contributed by atoms with Crippen LogP contribution in [0.5, 0.6) is 0 Å². The Morgan fingerprint density at radius 3 is 1.17 bits per heavy atom. The summed E-state index contributed by atoms with van der Waals surface area (Å²) in [5.41, 5.74) is 8.59. The Labute approximate surface area is 158 Å². The van der Waals surface area contributed by atoms with Crippen LogP contribution < -0.4 is 23.9 Å². The molecule has 0 aromatic carbocycles. The van der Waals surface area contributed by atoms with Crippen LogP contribution in [0.2, 0.25) is 0 Å². The molecule has 0 aliphatic rings. The zero-order valence-electron chi connectivity index (χ0n) is 16.6. The third kappa shape index (κ3) is 33.4. The minimum absolute atomic E-state index is 0. The SMILES string of the molecule is CCCCCCCCCCCCCCCCCC(N)=O.CC[NH3+].[Cl-]. The van der Waals surface area contributed by atoms with Crippen LogP contribution in [0, 0.1) is 0 Å². The normalized spacial score (nSPS) is 9.79. The monoisotopic (exact) mass is 364 g/mol. The number of unbranched alkanes of at least 4 members (excludes halogenated alkanes) is 14. The lowest BCUT2D eigenvalue weighted by molar-refractivity contribution is -0.361. The van der Waals surface area contributed by atoms with Gasteiger partial charge >= 0.3 is 0 Å². The fraction of sp³-hybridized carbons (Fsp3) is 0.950. The Morgan fingerprint density at radius 2 is 0.917 bits per heavy atom. The van der Waals surface area contributed by atoms with Crippen molar-refractivity contribution in [3.63, 3.8) is 0 Å². The van der Waals surface area contributed by atoms with Gasteiger partial charge in [-0.15, -0.1) is 0 Å². The molecule has 0 heterocycles. The summed E-state index contributed by atoms with van der Waals surface area (Å²) >= 11 is 0. The average molecular weight is 365 g/mol. The zero-order chi connectivity index (χ0) is 17.6. The van der Waals surface area contributed by atoms with Gasteiger partial charge in [0.15, 0.2) is 0 Å². The van der Waals surface area contributed by atoms with Crippen LogP contribution in [0.1, 0.15) is 117 Å². The molecular weight excluding hydrogens is 320 g/mol. The Bertz CT molecular complexity index is 226. The quantitative estimate of drug-likeness (QED) is 0.404. The molecule has 3 nitrogen and oxygen atoms in total. The molecule has 5 N–H and O–H groups in total. The largest absolute Gasteiger partial charge is 1.00 e. The molecule has 0 bridgehead atoms. The second-order valence-electron chi connectivity index (χ2n) is 6.67. The minimum Gasteiger partial charge on any atom is -1.00 e. The predicted octanol–water partition coefficient (Wildman–Crippen LogP) is 1.99. The number of hydrogen-bond acceptors (Lipinski definition) is 1. The minimum atomic E-state index is -0.153. The highest BCUT2D eigenvalue weighted by atomic mass is 35.5. The third-order valence-electron chi connectivity index (χ3n) is 4.03. The number of quaternary nitrogens is 1. The first-order chi connectivity index (χ1) is 11.2. The summed E-state index contributed by atoms with van der Waals surface area (Å²) in [7, 11) is 0. The molecule has 0 atom stereocenters. The van der Waals surface area contributed by atoms with Gasteiger partial charge in [0.25, 0.3) is 0 Å². The first-order valence-corrected chi connectivity index (χ1v) is 10.3. The standard InChI is InChI=1S/C18H37NO.C2H7N.ClH/c1-2-3-4-5-6-7-8-9-10-11-12-13-14-15-16-17-18(19)20;1-2-3;/h2-17H2,1H3,(H2,19,20);2-3H2,1H3;1H. The Hall–Kier alpha value is -0.280. The van der Waals surface area contributed by atoms with E-state index in [4.69, 9.17) is 5.73 Å². The van der Waals surface area contributed by atoms with Crippen LogP contribution >= 0.6 is 0 Å². The zero-order valence-corrected chi connectivity index (χ0v) is 17.3. The van der Waals surface area contributed by atoms with E-state index in [1.807, 2.05) is 6.92 Å². The number of primary amides is 1. The smallest absolute Gasteiger partial charge is 0.217 e. The fourth-order valence-corrected chi connectivity index (χ4v) is 2.67. The van der Waals surface area contributed by atoms with Crippen molar-refractivity contribution in [2.75, 3.05) is 6.54 Å². The van der Waals surface area contributed by atoms with Gasteiger partial charge in [0, 0.05) is 6.42 Å². The number of rotatable bonds is 16. The molecule has 0 fully saturated rings. The van der Waals surface area contributed by atoms with Gasteiger partial charge in [-0.2, -0.15) is 0 Å². The van der Waals surface area contributed by atoms with E-state index in [1.54, 1.807) is 0 Å². The van der Waals surface area contributed by atoms with Gasteiger partial charge < -0.3 is 23.9 Å². The maximum atomic E-state index is 10.6. The molecule has 0 saturated heterocycles. The summed E-state index contributed by atoms with van der Waals surface area (Å²) in [5, 5.41) is 0. The molecule has 0 aliphatic carbocycles. The van der Waals surface area contributed by atoms with E-state index in [0.717, 1.165) is 13.0 Å². The van der Waals surface area contributed by atoms with E-state index in [9.17, 15) is 4.79 Å². The third-order valence-corrected chi connectivity index (χ3v) is 4.03. The molecule has 0 aliphatic heterocycles. The molecule has 0 rings (SSSR count). The van der Waals surface area contributed by atoms with E-state index in [0.29, 0.717) is 6.42 Å². The first-order valence-electron chi connectivity index (χ1n) is 10.3. The van der Waals surface area contributed by atoms with Crippen molar-refractivity contribution in [3.8, 4) is 0 Å². The van der Waals surface area contributed by atoms with Gasteiger partial charge in [-0.25, -0.2) is 0 Å². The highest BCUT2D eigenvalue weighted by Crippen LogP contribution is 2.13. The first kappa shape index (κ1) is 28.5. The molecule has 0 aromatic rings. The lowest BCUT2D eigenvalue weighted by atomic mass is 10.0. The molecule has 24 heavy (non-hydrogen) atoms. The summed E-state index contributed by atoms with van der Waals surface area (Å²) in [6.07, 6.45) is 20.9. The van der Waals surface area contributed by atoms with Gasteiger partial charge in [-0.05, 0) is 13.3 Å². The summed E-state index contributed by atoms with van der Waals surface area (Å²) in [6.45, 7) is 5.29. The predicted molar refractivity (Wildman–Crippen MR) is 102 cm³/mol. The summed E-state index contributed by atoms with van der Waals surface area (Å²) in [5.74, 6) is -0.153. The maximum Gasteiger partial charge on any atom is 0.217 e.